The lowest BCUT2D eigenvalue weighted by atomic mass is 9.97. The molecule has 2 rings (SSSR count). The maximum Gasteiger partial charge on any atom is 0.335 e. The van der Waals surface area contributed by atoms with Gasteiger partial charge in [0.2, 0.25) is 5.91 Å². The number of benzene rings is 1. The zero-order valence-electron chi connectivity index (χ0n) is 15.2. The molecule has 4 nitrogen and oxygen atoms in total. The van der Waals surface area contributed by atoms with Crippen molar-refractivity contribution in [1.82, 2.24) is 4.90 Å². The minimum Gasteiger partial charge on any atom is -0.457 e. The summed E-state index contributed by atoms with van der Waals surface area (Å²) >= 11 is 0. The fourth-order valence-electron chi connectivity index (χ4n) is 3.08. The van der Waals surface area contributed by atoms with Crippen molar-refractivity contribution in [2.45, 2.75) is 52.7 Å². The molecule has 130 valence electrons. The monoisotopic (exact) mass is 329 g/mol. The van der Waals surface area contributed by atoms with Gasteiger partial charge in [0.05, 0.1) is 12.0 Å². The Balaban J connectivity index is 2.14. The van der Waals surface area contributed by atoms with Crippen LogP contribution in [-0.4, -0.2) is 28.9 Å². The van der Waals surface area contributed by atoms with E-state index < -0.39 is 17.5 Å². The molecule has 4 heteroatoms. The van der Waals surface area contributed by atoms with Crippen LogP contribution in [0.2, 0.25) is 0 Å². The van der Waals surface area contributed by atoms with Crippen LogP contribution in [-0.2, 0) is 14.3 Å². The highest BCUT2D eigenvalue weighted by molar-refractivity contribution is 5.98. The first-order chi connectivity index (χ1) is 11.2. The van der Waals surface area contributed by atoms with Gasteiger partial charge in [-0.1, -0.05) is 36.4 Å². The highest BCUT2D eigenvalue weighted by Crippen LogP contribution is 2.33. The van der Waals surface area contributed by atoms with E-state index in [0.717, 1.165) is 5.56 Å². The second-order valence-electron chi connectivity index (χ2n) is 7.21. The minimum absolute atomic E-state index is 0.000410. The van der Waals surface area contributed by atoms with Gasteiger partial charge in [-0.3, -0.25) is 4.79 Å². The predicted octanol–water partition coefficient (Wildman–Crippen LogP) is 3.88. The van der Waals surface area contributed by atoms with Crippen molar-refractivity contribution in [2.75, 3.05) is 6.54 Å². The van der Waals surface area contributed by atoms with Gasteiger partial charge in [-0.15, -0.1) is 0 Å². The van der Waals surface area contributed by atoms with Gasteiger partial charge in [0.15, 0.2) is 0 Å². The smallest absolute Gasteiger partial charge is 0.335 e. The molecule has 0 saturated carbocycles. The van der Waals surface area contributed by atoms with Gasteiger partial charge in [0.1, 0.15) is 5.60 Å². The molecule has 1 aliphatic rings. The quantitative estimate of drug-likeness (QED) is 0.622. The Labute approximate surface area is 144 Å². The molecule has 1 aliphatic heterocycles. The van der Waals surface area contributed by atoms with Crippen molar-refractivity contribution >= 4 is 11.9 Å². The van der Waals surface area contributed by atoms with Crippen LogP contribution in [0.15, 0.2) is 42.0 Å². The number of nitrogens with zero attached hydrogens (tertiary/aromatic N) is 1. The highest BCUT2D eigenvalue weighted by Gasteiger charge is 2.39. The van der Waals surface area contributed by atoms with Crippen molar-refractivity contribution < 1.29 is 14.3 Å². The number of hydrogen-bond donors (Lipinski definition) is 0. The number of carbonyl (C=O) groups excluding carboxylic acids is 2. The van der Waals surface area contributed by atoms with Crippen LogP contribution < -0.4 is 0 Å². The van der Waals surface area contributed by atoms with Gasteiger partial charge < -0.3 is 9.64 Å². The molecular weight excluding hydrogens is 302 g/mol. The second kappa shape index (κ2) is 7.20. The van der Waals surface area contributed by atoms with E-state index in [1.165, 1.54) is 0 Å². The Morgan fingerprint density at radius 3 is 2.46 bits per heavy atom. The van der Waals surface area contributed by atoms with Gasteiger partial charge in [-0.05, 0) is 46.6 Å². The molecule has 0 N–H and O–H groups in total. The summed E-state index contributed by atoms with van der Waals surface area (Å²) in [5, 5.41) is 0. The van der Waals surface area contributed by atoms with Crippen molar-refractivity contribution in [3.8, 4) is 0 Å². The Morgan fingerprint density at radius 2 is 1.92 bits per heavy atom. The van der Waals surface area contributed by atoms with Crippen LogP contribution in [0.1, 0.15) is 52.6 Å². The third-order valence-corrected chi connectivity index (χ3v) is 4.31. The molecule has 0 spiro atoms. The van der Waals surface area contributed by atoms with Crippen LogP contribution >= 0.6 is 0 Å². The zero-order valence-corrected chi connectivity index (χ0v) is 15.2. The molecule has 0 radical (unpaired) electrons. The molecule has 0 unspecified atom stereocenters. The molecule has 0 bridgehead atoms. The van der Waals surface area contributed by atoms with Crippen LogP contribution in [0.3, 0.4) is 0 Å². The van der Waals surface area contributed by atoms with Crippen LogP contribution in [0.25, 0.3) is 0 Å². The fraction of sp³-hybridized carbons (Fsp3) is 0.500. The average molecular weight is 329 g/mol. The molecule has 2 atom stereocenters. The molecule has 1 aromatic carbocycles. The van der Waals surface area contributed by atoms with Crippen molar-refractivity contribution in [2.24, 2.45) is 5.92 Å². The predicted molar refractivity (Wildman–Crippen MR) is 94.3 cm³/mol. The van der Waals surface area contributed by atoms with Crippen molar-refractivity contribution in [3.05, 3.63) is 47.5 Å². The number of esters is 1. The number of allylic oxidation sites excluding steroid dienone is 1. The first kappa shape index (κ1) is 18.2. The number of hydrogen-bond acceptors (Lipinski definition) is 3. The Kier molecular flexibility index (Phi) is 5.47. The number of ether oxygens (including phenoxy) is 1. The topological polar surface area (TPSA) is 46.6 Å². The Bertz CT molecular complexity index is 628. The van der Waals surface area contributed by atoms with E-state index in [2.05, 4.69) is 0 Å². The first-order valence-corrected chi connectivity index (χ1v) is 8.49. The maximum atomic E-state index is 12.9. The summed E-state index contributed by atoms with van der Waals surface area (Å²) < 4.78 is 5.45. The lowest BCUT2D eigenvalue weighted by Crippen LogP contribution is -2.33. The lowest BCUT2D eigenvalue weighted by molar-refractivity contribution is -0.151. The van der Waals surface area contributed by atoms with E-state index in [1.54, 1.807) is 13.0 Å². The summed E-state index contributed by atoms with van der Waals surface area (Å²) in [6, 6.07) is 9.96. The third kappa shape index (κ3) is 4.05. The molecule has 1 heterocycles. The molecule has 24 heavy (non-hydrogen) atoms. The number of likely N-dealkylation sites (tertiary alicyclic amines) is 1. The lowest BCUT2D eigenvalue weighted by Gasteiger charge is -2.26. The number of amides is 1. The summed E-state index contributed by atoms with van der Waals surface area (Å²) in [6.45, 7) is 9.96. The largest absolute Gasteiger partial charge is 0.457 e. The van der Waals surface area contributed by atoms with E-state index in [1.807, 2.05) is 62.9 Å². The van der Waals surface area contributed by atoms with E-state index in [9.17, 15) is 9.59 Å². The molecule has 0 aromatic heterocycles. The van der Waals surface area contributed by atoms with Gasteiger partial charge in [0, 0.05) is 12.1 Å². The Morgan fingerprint density at radius 1 is 1.29 bits per heavy atom. The third-order valence-electron chi connectivity index (χ3n) is 4.31. The van der Waals surface area contributed by atoms with Crippen molar-refractivity contribution in [3.63, 3.8) is 0 Å². The SMILES string of the molecule is C/C=C(/C(=O)OC(C)(C)C)[C@@H]1CCN([C@H](C)c2ccccc2)C1=O. The summed E-state index contributed by atoms with van der Waals surface area (Å²) in [5.41, 5.74) is 1.01. The van der Waals surface area contributed by atoms with Crippen LogP contribution in [0.4, 0.5) is 0 Å². The molecule has 1 fully saturated rings. The summed E-state index contributed by atoms with van der Waals surface area (Å²) in [4.78, 5) is 27.1. The summed E-state index contributed by atoms with van der Waals surface area (Å²) in [5.74, 6) is -0.793. The average Bonchev–Trinajstić information content (AvgIpc) is 2.88. The molecule has 0 aliphatic carbocycles. The molecule has 1 saturated heterocycles. The summed E-state index contributed by atoms with van der Waals surface area (Å²) in [7, 11) is 0. The number of rotatable bonds is 4. The van der Waals surface area contributed by atoms with E-state index >= 15 is 0 Å². The Hall–Kier alpha value is -2.10. The first-order valence-electron chi connectivity index (χ1n) is 8.49. The van der Waals surface area contributed by atoms with Gasteiger partial charge >= 0.3 is 5.97 Å². The summed E-state index contributed by atoms with van der Waals surface area (Å²) in [6.07, 6.45) is 2.36. The van der Waals surface area contributed by atoms with Crippen molar-refractivity contribution in [1.29, 1.82) is 0 Å². The second-order valence-corrected chi connectivity index (χ2v) is 7.21. The fourth-order valence-corrected chi connectivity index (χ4v) is 3.08. The van der Waals surface area contributed by atoms with Gasteiger partial charge in [0.25, 0.3) is 0 Å². The van der Waals surface area contributed by atoms with E-state index in [-0.39, 0.29) is 11.9 Å². The molecule has 1 amide bonds. The van der Waals surface area contributed by atoms with E-state index in [4.69, 9.17) is 4.74 Å². The van der Waals surface area contributed by atoms with Crippen LogP contribution in [0, 0.1) is 5.92 Å². The normalized spacial score (nSPS) is 20.2. The van der Waals surface area contributed by atoms with Gasteiger partial charge in [-0.2, -0.15) is 0 Å². The zero-order chi connectivity index (χ0) is 17.9. The highest BCUT2D eigenvalue weighted by atomic mass is 16.6. The van der Waals surface area contributed by atoms with Crippen LogP contribution in [0.5, 0.6) is 0 Å². The number of carbonyl (C=O) groups is 2. The van der Waals surface area contributed by atoms with E-state index in [0.29, 0.717) is 18.5 Å². The standard InChI is InChI=1S/C20H27NO3/c1-6-16(19(23)24-20(3,4)5)17-12-13-21(18(17)22)14(2)15-10-8-7-9-11-15/h6-11,14,17H,12-13H2,1-5H3/b16-6+/t14-,17+/m1/s1. The minimum atomic E-state index is -0.565. The molecule has 1 aromatic rings. The maximum absolute atomic E-state index is 12.9. The molecular formula is C20H27NO3. The van der Waals surface area contributed by atoms with Gasteiger partial charge in [-0.25, -0.2) is 4.79 Å².